The van der Waals surface area contributed by atoms with E-state index in [9.17, 15) is 22.8 Å². The van der Waals surface area contributed by atoms with Gasteiger partial charge in [-0.2, -0.15) is 0 Å². The van der Waals surface area contributed by atoms with Crippen LogP contribution >= 0.6 is 0 Å². The molecular weight excluding hydrogens is 677 g/mol. The number of anilines is 1. The van der Waals surface area contributed by atoms with Gasteiger partial charge in [0.1, 0.15) is 7.85 Å². The third kappa shape index (κ3) is 11.2. The molecule has 1 unspecified atom stereocenters. The number of carbonyl (C=O) groups is 3. The normalized spacial score (nSPS) is 14.4. The Hall–Kier alpha value is -5.08. The molecule has 2 aromatic heterocycles. The van der Waals surface area contributed by atoms with Crippen LogP contribution in [-0.4, -0.2) is 75.4 Å². The lowest BCUT2D eigenvalue weighted by atomic mass is 9.95. The van der Waals surface area contributed by atoms with Gasteiger partial charge in [-0.25, -0.2) is 8.42 Å². The fraction of sp³-hybridized carbons (Fsp3) is 0.342. The van der Waals surface area contributed by atoms with Crippen molar-refractivity contribution in [3.05, 3.63) is 119 Å². The van der Waals surface area contributed by atoms with E-state index in [1.807, 2.05) is 57.2 Å². The Morgan fingerprint density at radius 3 is 2.25 bits per heavy atom. The zero-order valence-electron chi connectivity index (χ0n) is 30.0. The second-order valence-corrected chi connectivity index (χ2v) is 15.4. The van der Waals surface area contributed by atoms with Crippen molar-refractivity contribution in [2.45, 2.75) is 57.8 Å². The molecule has 1 aliphatic carbocycles. The molecule has 2 aromatic carbocycles. The first-order valence-corrected chi connectivity index (χ1v) is 19.3. The molecule has 0 saturated heterocycles. The van der Waals surface area contributed by atoms with Gasteiger partial charge in [-0.1, -0.05) is 41.9 Å². The van der Waals surface area contributed by atoms with Gasteiger partial charge in [0, 0.05) is 61.0 Å². The summed E-state index contributed by atoms with van der Waals surface area (Å²) in [5.74, 6) is -0.584. The minimum atomic E-state index is -3.87. The molecule has 14 heteroatoms. The van der Waals surface area contributed by atoms with Gasteiger partial charge in [0.15, 0.2) is 0 Å². The molecule has 2 heterocycles. The lowest BCUT2D eigenvalue weighted by Crippen LogP contribution is -2.49. The standard InChI is InChI=1S/C38H46BN7O5S/c1-25(29-7-6-15-40-22-29)44-37(48)30-17-31(19-35(18-30)46(52(3,50)51)24-28-11-13-32(39)14-12-28)38(49)45-34(20-33-8-4-5-16-41-33)23-42-26(2)36(47)43-21-27-9-10-27/h4-8,11-19,22,25-27,34,42H,9-10,20-21,23-24,39H2,1-3H3,(H,43,47)(H,44,48)(H,45,49)/t25?,26-,34-/m0/s1. The molecule has 272 valence electrons. The summed E-state index contributed by atoms with van der Waals surface area (Å²) in [6.07, 6.45) is 8.67. The quantitative estimate of drug-likeness (QED) is 0.120. The smallest absolute Gasteiger partial charge is 0.251 e. The Balaban J connectivity index is 1.44. The largest absolute Gasteiger partial charge is 0.354 e. The van der Waals surface area contributed by atoms with Gasteiger partial charge in [0.25, 0.3) is 11.8 Å². The molecule has 4 N–H and O–H groups in total. The number of hydrogen-bond donors (Lipinski definition) is 4. The molecule has 0 radical (unpaired) electrons. The maximum atomic E-state index is 14.1. The molecule has 3 amide bonds. The zero-order valence-corrected chi connectivity index (χ0v) is 30.8. The number of aromatic nitrogens is 2. The van der Waals surface area contributed by atoms with Crippen LogP contribution in [0.1, 0.15) is 70.3 Å². The highest BCUT2D eigenvalue weighted by Gasteiger charge is 2.26. The number of nitrogens with zero attached hydrogens (tertiary/aromatic N) is 3. The van der Waals surface area contributed by atoms with Crippen molar-refractivity contribution in [3.8, 4) is 0 Å². The SMILES string of the molecule is Bc1ccc(CN(c2cc(C(=O)NC(C)c3cccnc3)cc(C(=O)N[C@H](CN[C@@H](C)C(=O)NCC3CC3)Cc3ccccn3)c2)S(C)(=O)=O)cc1. The third-order valence-corrected chi connectivity index (χ3v) is 10.1. The fourth-order valence-corrected chi connectivity index (χ4v) is 6.49. The number of hydrogen-bond acceptors (Lipinski definition) is 8. The van der Waals surface area contributed by atoms with Crippen LogP contribution in [0.4, 0.5) is 5.69 Å². The van der Waals surface area contributed by atoms with E-state index in [2.05, 4.69) is 31.2 Å². The molecular formula is C38H46BN7O5S. The van der Waals surface area contributed by atoms with Crippen LogP contribution in [0.2, 0.25) is 0 Å². The summed E-state index contributed by atoms with van der Waals surface area (Å²) in [5, 5.41) is 12.2. The average Bonchev–Trinajstić information content (AvgIpc) is 3.97. The first-order valence-electron chi connectivity index (χ1n) is 17.5. The van der Waals surface area contributed by atoms with Gasteiger partial charge in [0.05, 0.1) is 30.6 Å². The summed E-state index contributed by atoms with van der Waals surface area (Å²) in [5.41, 5.74) is 3.64. The fourth-order valence-electron chi connectivity index (χ4n) is 5.62. The Kier molecular flexibility index (Phi) is 12.8. The van der Waals surface area contributed by atoms with Crippen molar-refractivity contribution < 1.29 is 22.8 Å². The van der Waals surface area contributed by atoms with Gasteiger partial charge in [-0.05, 0) is 80.1 Å². The van der Waals surface area contributed by atoms with Crippen molar-refractivity contribution in [2.24, 2.45) is 5.92 Å². The number of benzene rings is 2. The maximum Gasteiger partial charge on any atom is 0.251 e. The highest BCUT2D eigenvalue weighted by Crippen LogP contribution is 2.27. The van der Waals surface area contributed by atoms with Gasteiger partial charge >= 0.3 is 0 Å². The molecule has 4 aromatic rings. The summed E-state index contributed by atoms with van der Waals surface area (Å²) in [6.45, 7) is 4.48. The van der Waals surface area contributed by atoms with Crippen LogP contribution in [-0.2, 0) is 27.8 Å². The highest BCUT2D eigenvalue weighted by atomic mass is 32.2. The molecule has 0 aliphatic heterocycles. The number of nitrogens with one attached hydrogen (secondary N) is 4. The van der Waals surface area contributed by atoms with E-state index in [0.29, 0.717) is 18.9 Å². The Labute approximate surface area is 306 Å². The van der Waals surface area contributed by atoms with E-state index >= 15 is 0 Å². The third-order valence-electron chi connectivity index (χ3n) is 8.95. The van der Waals surface area contributed by atoms with Crippen LogP contribution in [0.15, 0.2) is 91.4 Å². The Morgan fingerprint density at radius 2 is 1.63 bits per heavy atom. The predicted molar refractivity (Wildman–Crippen MR) is 205 cm³/mol. The Morgan fingerprint density at radius 1 is 0.923 bits per heavy atom. The molecule has 1 fully saturated rings. The summed E-state index contributed by atoms with van der Waals surface area (Å²) in [7, 11) is -1.92. The molecule has 5 rings (SSSR count). The van der Waals surface area contributed by atoms with Gasteiger partial charge < -0.3 is 21.3 Å². The summed E-state index contributed by atoms with van der Waals surface area (Å²) >= 11 is 0. The Bertz CT molecular complexity index is 1950. The molecule has 3 atom stereocenters. The molecule has 52 heavy (non-hydrogen) atoms. The van der Waals surface area contributed by atoms with Crippen LogP contribution in [0.5, 0.6) is 0 Å². The van der Waals surface area contributed by atoms with Crippen LogP contribution in [0.25, 0.3) is 0 Å². The summed E-state index contributed by atoms with van der Waals surface area (Å²) in [6, 6.07) is 19.6. The van der Waals surface area contributed by atoms with Gasteiger partial charge in [0.2, 0.25) is 15.9 Å². The van der Waals surface area contributed by atoms with Crippen molar-refractivity contribution in [1.29, 1.82) is 0 Å². The van der Waals surface area contributed by atoms with Crippen molar-refractivity contribution in [1.82, 2.24) is 31.2 Å². The van der Waals surface area contributed by atoms with E-state index in [0.717, 1.165) is 41.4 Å². The summed E-state index contributed by atoms with van der Waals surface area (Å²) < 4.78 is 27.7. The lowest BCUT2D eigenvalue weighted by molar-refractivity contribution is -0.122. The second-order valence-electron chi connectivity index (χ2n) is 13.5. The van der Waals surface area contributed by atoms with E-state index < -0.39 is 40.0 Å². The van der Waals surface area contributed by atoms with Crippen LogP contribution in [0, 0.1) is 5.92 Å². The molecule has 0 bridgehead atoms. The lowest BCUT2D eigenvalue weighted by Gasteiger charge is -2.25. The molecule has 1 saturated carbocycles. The van der Waals surface area contributed by atoms with E-state index in [-0.39, 0.29) is 35.8 Å². The minimum absolute atomic E-state index is 0.00967. The topological polar surface area (TPSA) is 162 Å². The maximum absolute atomic E-state index is 14.1. The number of carbonyl (C=O) groups excluding carboxylic acids is 3. The highest BCUT2D eigenvalue weighted by molar-refractivity contribution is 7.92. The van der Waals surface area contributed by atoms with Crippen LogP contribution in [0.3, 0.4) is 0 Å². The van der Waals surface area contributed by atoms with E-state index in [4.69, 9.17) is 0 Å². The molecule has 1 aliphatic rings. The average molecular weight is 724 g/mol. The van der Waals surface area contributed by atoms with Crippen molar-refractivity contribution >= 4 is 46.7 Å². The second kappa shape index (κ2) is 17.4. The monoisotopic (exact) mass is 723 g/mol. The van der Waals surface area contributed by atoms with E-state index in [1.165, 1.54) is 22.5 Å². The van der Waals surface area contributed by atoms with Crippen LogP contribution < -0.4 is 31.0 Å². The zero-order chi connectivity index (χ0) is 37.3. The van der Waals surface area contributed by atoms with Crippen molar-refractivity contribution in [2.75, 3.05) is 23.7 Å². The number of pyridine rings is 2. The minimum Gasteiger partial charge on any atom is -0.354 e. The number of sulfonamides is 1. The molecule has 12 nitrogen and oxygen atoms in total. The first kappa shape index (κ1) is 38.2. The van der Waals surface area contributed by atoms with Gasteiger partial charge in [-0.3, -0.25) is 28.7 Å². The van der Waals surface area contributed by atoms with Gasteiger partial charge in [-0.15, -0.1) is 0 Å². The number of rotatable bonds is 17. The first-order chi connectivity index (χ1) is 24.9. The van der Waals surface area contributed by atoms with Crippen molar-refractivity contribution in [3.63, 3.8) is 0 Å². The van der Waals surface area contributed by atoms with E-state index in [1.54, 1.807) is 37.6 Å². The predicted octanol–water partition coefficient (Wildman–Crippen LogP) is 2.04. The summed E-state index contributed by atoms with van der Waals surface area (Å²) in [4.78, 5) is 49.1. The molecule has 0 spiro atoms. The number of amides is 3.